The zero-order valence-electron chi connectivity index (χ0n) is 20.7. The first-order valence-electron chi connectivity index (χ1n) is 11.7. The summed E-state index contributed by atoms with van der Waals surface area (Å²) in [5, 5.41) is 11.7. The molecule has 4 rings (SSSR count). The summed E-state index contributed by atoms with van der Waals surface area (Å²) in [6.45, 7) is 2.03. The molecule has 0 fully saturated rings. The van der Waals surface area contributed by atoms with E-state index in [1.807, 2.05) is 37.3 Å². The minimum absolute atomic E-state index is 0.0585. The molecule has 3 atom stereocenters. The number of anilines is 1. The molecule has 8 nitrogen and oxygen atoms in total. The van der Waals surface area contributed by atoms with Gasteiger partial charge >= 0.3 is 0 Å². The van der Waals surface area contributed by atoms with Crippen LogP contribution >= 0.6 is 0 Å². The van der Waals surface area contributed by atoms with Crippen LogP contribution in [0.3, 0.4) is 0 Å². The zero-order valence-corrected chi connectivity index (χ0v) is 21.6. The van der Waals surface area contributed by atoms with Gasteiger partial charge in [0.1, 0.15) is 33.2 Å². The lowest BCUT2D eigenvalue weighted by Gasteiger charge is -2.22. The second kappa shape index (κ2) is 10.6. The molecule has 0 aliphatic carbocycles. The molecule has 0 radical (unpaired) electrons. The number of hydrogen-bond donors (Lipinski definition) is 3. The monoisotopic (exact) mass is 521 g/mol. The maximum Gasteiger partial charge on any atom is 0.272 e. The van der Waals surface area contributed by atoms with Gasteiger partial charge in [-0.25, -0.2) is 18.1 Å². The van der Waals surface area contributed by atoms with Crippen molar-refractivity contribution in [3.8, 4) is 11.8 Å². The van der Waals surface area contributed by atoms with Crippen molar-refractivity contribution < 1.29 is 18.1 Å². The molecule has 192 valence electrons. The third-order valence-corrected chi connectivity index (χ3v) is 8.04. The second-order valence-corrected chi connectivity index (χ2v) is 10.8. The molecule has 10 heteroatoms. The van der Waals surface area contributed by atoms with Gasteiger partial charge in [-0.05, 0) is 54.7 Å². The Balaban J connectivity index is 1.55. The number of aryl methyl sites for hydroxylation is 2. The summed E-state index contributed by atoms with van der Waals surface area (Å²) in [6, 6.07) is 13.0. The van der Waals surface area contributed by atoms with Crippen molar-refractivity contribution in [2.45, 2.75) is 30.7 Å². The average Bonchev–Trinajstić information content (AvgIpc) is 3.17. The standard InChI is InChI=1S/C27H28FN5O3S/c1-17(4-5-18-6-9-21(36-3)10-7-18)24-13-11-22-25(37(30,35)32-24)16-33(2)26(22)27(34)31-20-8-12-23(28)19(14-20)15-29/h6-14,16-17,24H,4-5H2,1-3H3,(H,31,34)(H2,30,32,35)/t17-,24?,37?/m0/s1. The summed E-state index contributed by atoms with van der Waals surface area (Å²) in [5.41, 5.74) is 1.82. The minimum Gasteiger partial charge on any atom is -0.497 e. The van der Waals surface area contributed by atoms with Gasteiger partial charge in [-0.1, -0.05) is 31.2 Å². The van der Waals surface area contributed by atoms with Crippen molar-refractivity contribution in [2.75, 3.05) is 12.4 Å². The maximum atomic E-state index is 13.7. The number of nitrogens with one attached hydrogen (secondary N) is 3. The van der Waals surface area contributed by atoms with Gasteiger partial charge in [-0.15, -0.1) is 0 Å². The van der Waals surface area contributed by atoms with Crippen LogP contribution in [-0.4, -0.2) is 27.8 Å². The molecule has 0 saturated carbocycles. The summed E-state index contributed by atoms with van der Waals surface area (Å²) in [4.78, 5) is 13.4. The largest absolute Gasteiger partial charge is 0.497 e. The van der Waals surface area contributed by atoms with Gasteiger partial charge in [0.15, 0.2) is 0 Å². The number of rotatable bonds is 7. The molecule has 37 heavy (non-hydrogen) atoms. The summed E-state index contributed by atoms with van der Waals surface area (Å²) < 4.78 is 45.4. The molecular formula is C27H28FN5O3S. The van der Waals surface area contributed by atoms with Crippen molar-refractivity contribution in [3.05, 3.63) is 82.9 Å². The molecular weight excluding hydrogens is 493 g/mol. The van der Waals surface area contributed by atoms with Gasteiger partial charge in [-0.2, -0.15) is 5.26 Å². The highest BCUT2D eigenvalue weighted by molar-refractivity contribution is 7.90. The van der Waals surface area contributed by atoms with Crippen LogP contribution in [0.25, 0.3) is 6.08 Å². The molecule has 1 aliphatic rings. The highest BCUT2D eigenvalue weighted by atomic mass is 32.2. The van der Waals surface area contributed by atoms with Crippen LogP contribution < -0.4 is 14.8 Å². The summed E-state index contributed by atoms with van der Waals surface area (Å²) in [6.07, 6.45) is 6.70. The Labute approximate surface area is 215 Å². The van der Waals surface area contributed by atoms with E-state index in [-0.39, 0.29) is 33.8 Å². The number of carbonyl (C=O) groups excluding carboxylic acids is 1. The number of hydrogen-bond acceptors (Lipinski definition) is 5. The van der Waals surface area contributed by atoms with Crippen molar-refractivity contribution >= 4 is 27.6 Å². The summed E-state index contributed by atoms with van der Waals surface area (Å²) in [5.74, 6) is -0.349. The van der Waals surface area contributed by atoms with E-state index in [1.165, 1.54) is 22.9 Å². The lowest BCUT2D eigenvalue weighted by atomic mass is 9.94. The van der Waals surface area contributed by atoms with Gasteiger partial charge in [0.05, 0.1) is 17.6 Å². The number of carbonyl (C=O) groups is 1. The summed E-state index contributed by atoms with van der Waals surface area (Å²) in [7, 11) is -0.154. The molecule has 3 N–H and O–H groups in total. The van der Waals surface area contributed by atoms with Crippen molar-refractivity contribution in [2.24, 2.45) is 13.0 Å². The Morgan fingerprint density at radius 2 is 2.05 bits per heavy atom. The maximum absolute atomic E-state index is 13.7. The zero-order chi connectivity index (χ0) is 26.7. The van der Waals surface area contributed by atoms with E-state index in [0.717, 1.165) is 30.2 Å². The quantitative estimate of drug-likeness (QED) is 0.411. The number of methoxy groups -OCH3 is 1. The smallest absolute Gasteiger partial charge is 0.272 e. The van der Waals surface area contributed by atoms with E-state index in [1.54, 1.807) is 26.3 Å². The predicted octanol–water partition coefficient (Wildman–Crippen LogP) is 4.87. The summed E-state index contributed by atoms with van der Waals surface area (Å²) >= 11 is 0. The number of halogens is 1. The van der Waals surface area contributed by atoms with Crippen LogP contribution in [0.4, 0.5) is 10.1 Å². The van der Waals surface area contributed by atoms with Crippen LogP contribution in [0.1, 0.15) is 40.5 Å². The highest BCUT2D eigenvalue weighted by Gasteiger charge is 2.30. The Kier molecular flexibility index (Phi) is 7.47. The molecule has 0 bridgehead atoms. The number of nitrogens with zero attached hydrogens (tertiary/aromatic N) is 2. The number of nitriles is 1. The third kappa shape index (κ3) is 5.58. The highest BCUT2D eigenvalue weighted by Crippen LogP contribution is 2.29. The number of ether oxygens (including phenoxy) is 1. The molecule has 1 amide bonds. The van der Waals surface area contributed by atoms with Gasteiger partial charge < -0.3 is 14.6 Å². The molecule has 2 heterocycles. The first kappa shape index (κ1) is 26.1. The first-order valence-corrected chi connectivity index (χ1v) is 13.3. The number of benzene rings is 2. The van der Waals surface area contributed by atoms with Gasteiger partial charge in [0.2, 0.25) is 0 Å². The van der Waals surface area contributed by atoms with Crippen molar-refractivity contribution in [3.63, 3.8) is 0 Å². The Morgan fingerprint density at radius 1 is 1.32 bits per heavy atom. The third-order valence-electron chi connectivity index (χ3n) is 6.49. The predicted molar refractivity (Wildman–Crippen MR) is 140 cm³/mol. The normalized spacial score (nSPS) is 19.4. The molecule has 2 aromatic carbocycles. The fourth-order valence-electron chi connectivity index (χ4n) is 4.33. The Bertz CT molecular complexity index is 1500. The Hall–Kier alpha value is -3.94. The Morgan fingerprint density at radius 3 is 2.73 bits per heavy atom. The van der Waals surface area contributed by atoms with E-state index in [0.29, 0.717) is 5.56 Å². The van der Waals surface area contributed by atoms with E-state index in [4.69, 9.17) is 14.8 Å². The lowest BCUT2D eigenvalue weighted by Crippen LogP contribution is -2.36. The molecule has 3 aromatic rings. The average molecular weight is 522 g/mol. The number of amides is 1. The molecule has 2 unspecified atom stereocenters. The molecule has 1 aromatic heterocycles. The SMILES string of the molecule is COc1ccc(CC[C@H](C)C2C=Cc3c(cn(C)c3C(=O)Nc3ccc(F)c(C#N)c3)S(=N)(=O)N2)cc1. The van der Waals surface area contributed by atoms with Crippen LogP contribution in [0, 0.1) is 27.8 Å². The first-order chi connectivity index (χ1) is 17.6. The molecule has 1 aliphatic heterocycles. The minimum atomic E-state index is -3.41. The number of fused-ring (bicyclic) bond motifs is 1. The number of aromatic nitrogens is 1. The van der Waals surface area contributed by atoms with Crippen LogP contribution in [0.5, 0.6) is 5.75 Å². The van der Waals surface area contributed by atoms with E-state index < -0.39 is 21.6 Å². The van der Waals surface area contributed by atoms with E-state index >= 15 is 0 Å². The molecule has 0 saturated heterocycles. The van der Waals surface area contributed by atoms with E-state index in [2.05, 4.69) is 10.0 Å². The topological polar surface area (TPSA) is 120 Å². The van der Waals surface area contributed by atoms with Crippen LogP contribution in [0.2, 0.25) is 0 Å². The fraction of sp³-hybridized carbons (Fsp3) is 0.259. The molecule has 0 spiro atoms. The second-order valence-electron chi connectivity index (χ2n) is 9.05. The van der Waals surface area contributed by atoms with Crippen LogP contribution in [0.15, 0.2) is 59.6 Å². The fourth-order valence-corrected chi connectivity index (χ4v) is 5.94. The van der Waals surface area contributed by atoms with Gasteiger partial charge in [0, 0.05) is 30.5 Å². The lowest BCUT2D eigenvalue weighted by molar-refractivity contribution is 0.101. The van der Waals surface area contributed by atoms with Gasteiger partial charge in [-0.3, -0.25) is 4.79 Å². The van der Waals surface area contributed by atoms with Crippen molar-refractivity contribution in [1.29, 1.82) is 10.0 Å². The van der Waals surface area contributed by atoms with E-state index in [9.17, 15) is 13.4 Å². The van der Waals surface area contributed by atoms with Crippen LogP contribution in [-0.2, 0) is 23.4 Å². The van der Waals surface area contributed by atoms with Gasteiger partial charge in [0.25, 0.3) is 5.91 Å². The van der Waals surface area contributed by atoms with Crippen molar-refractivity contribution in [1.82, 2.24) is 9.29 Å².